The van der Waals surface area contributed by atoms with Crippen LogP contribution in [0.4, 0.5) is 0 Å². The summed E-state index contributed by atoms with van der Waals surface area (Å²) < 4.78 is 7.21. The minimum Gasteiger partial charge on any atom is -0.468 e. The molecule has 1 aliphatic rings. The normalized spacial score (nSPS) is 17.5. The highest BCUT2D eigenvalue weighted by Gasteiger charge is 2.32. The van der Waals surface area contributed by atoms with Crippen molar-refractivity contribution in [3.8, 4) is 0 Å². The number of halogens is 1. The number of nitrogens with zero attached hydrogens (tertiary/aromatic N) is 3. The van der Waals surface area contributed by atoms with E-state index < -0.39 is 0 Å². The van der Waals surface area contributed by atoms with Gasteiger partial charge in [0, 0.05) is 11.6 Å². The number of ether oxygens (including phenoxy) is 1. The predicted molar refractivity (Wildman–Crippen MR) is 106 cm³/mol. The van der Waals surface area contributed by atoms with Gasteiger partial charge in [-0.15, -0.1) is 0 Å². The van der Waals surface area contributed by atoms with Crippen LogP contribution in [-0.4, -0.2) is 40.1 Å². The smallest absolute Gasteiger partial charge is 0.323 e. The molecule has 1 fully saturated rings. The molecule has 27 heavy (non-hydrogen) atoms. The average Bonchev–Trinajstić information content (AvgIpc) is 3.28. The number of benzene rings is 2. The highest BCUT2D eigenvalue weighted by atomic mass is 35.5. The minimum atomic E-state index is -0.182. The van der Waals surface area contributed by atoms with Crippen molar-refractivity contribution in [3.63, 3.8) is 0 Å². The molecular weight excluding hydrogens is 362 g/mol. The molecule has 6 heteroatoms. The van der Waals surface area contributed by atoms with E-state index in [1.54, 1.807) is 0 Å². The third kappa shape index (κ3) is 3.70. The fourth-order valence-electron chi connectivity index (χ4n) is 3.79. The fraction of sp³-hybridized carbons (Fsp3) is 0.333. The summed E-state index contributed by atoms with van der Waals surface area (Å²) in [5, 5.41) is 0.729. The molecule has 5 nitrogen and oxygen atoms in total. The Balaban J connectivity index is 1.67. The molecule has 0 bridgehead atoms. The molecule has 0 amide bonds. The van der Waals surface area contributed by atoms with Gasteiger partial charge in [-0.25, -0.2) is 4.98 Å². The van der Waals surface area contributed by atoms with Gasteiger partial charge in [0.15, 0.2) is 0 Å². The zero-order valence-electron chi connectivity index (χ0n) is 15.3. The maximum Gasteiger partial charge on any atom is 0.323 e. The van der Waals surface area contributed by atoms with E-state index in [2.05, 4.69) is 15.5 Å². The first-order valence-electron chi connectivity index (χ1n) is 9.16. The molecule has 1 aliphatic heterocycles. The monoisotopic (exact) mass is 383 g/mol. The molecule has 3 aromatic rings. The third-order valence-electron chi connectivity index (χ3n) is 5.17. The number of esters is 1. The van der Waals surface area contributed by atoms with E-state index >= 15 is 0 Å². The van der Waals surface area contributed by atoms with Crippen molar-refractivity contribution in [2.75, 3.05) is 13.7 Å². The van der Waals surface area contributed by atoms with Crippen LogP contribution in [0.15, 0.2) is 48.5 Å². The molecule has 140 valence electrons. The zero-order valence-corrected chi connectivity index (χ0v) is 16.0. The lowest BCUT2D eigenvalue weighted by molar-refractivity contribution is -0.146. The van der Waals surface area contributed by atoms with Gasteiger partial charge in [0.25, 0.3) is 0 Å². The quantitative estimate of drug-likeness (QED) is 0.627. The maximum absolute atomic E-state index is 12.1. The summed E-state index contributed by atoms with van der Waals surface area (Å²) in [4.78, 5) is 19.1. The Morgan fingerprint density at radius 3 is 2.74 bits per heavy atom. The van der Waals surface area contributed by atoms with Crippen LogP contribution in [0, 0.1) is 0 Å². The molecule has 0 N–H and O–H groups in total. The second-order valence-electron chi connectivity index (χ2n) is 6.88. The number of methoxy groups -OCH3 is 1. The van der Waals surface area contributed by atoms with E-state index in [1.807, 2.05) is 42.5 Å². The van der Waals surface area contributed by atoms with E-state index in [0.717, 1.165) is 46.8 Å². The van der Waals surface area contributed by atoms with Gasteiger partial charge < -0.3 is 9.30 Å². The first-order valence-corrected chi connectivity index (χ1v) is 9.54. The summed E-state index contributed by atoms with van der Waals surface area (Å²) in [5.74, 6) is 0.801. The second-order valence-corrected chi connectivity index (χ2v) is 7.32. The summed E-state index contributed by atoms with van der Waals surface area (Å²) in [6.07, 6.45) is 1.83. The van der Waals surface area contributed by atoms with Crippen molar-refractivity contribution in [1.29, 1.82) is 0 Å². The number of likely N-dealkylation sites (tertiary alicyclic amines) is 1. The zero-order chi connectivity index (χ0) is 18.8. The predicted octanol–water partition coefficient (Wildman–Crippen LogP) is 3.88. The van der Waals surface area contributed by atoms with Crippen LogP contribution in [0.3, 0.4) is 0 Å². The largest absolute Gasteiger partial charge is 0.468 e. The lowest BCUT2D eigenvalue weighted by Gasteiger charge is -2.22. The van der Waals surface area contributed by atoms with E-state index in [9.17, 15) is 4.79 Å². The van der Waals surface area contributed by atoms with Crippen LogP contribution in [0.1, 0.15) is 24.2 Å². The van der Waals surface area contributed by atoms with Gasteiger partial charge in [-0.1, -0.05) is 35.9 Å². The van der Waals surface area contributed by atoms with Crippen molar-refractivity contribution < 1.29 is 9.53 Å². The van der Waals surface area contributed by atoms with E-state index in [0.29, 0.717) is 13.1 Å². The lowest BCUT2D eigenvalue weighted by atomic mass is 10.2. The number of hydrogen-bond acceptors (Lipinski definition) is 4. The van der Waals surface area contributed by atoms with E-state index in [4.69, 9.17) is 21.3 Å². The molecule has 0 aliphatic carbocycles. The standard InChI is InChI=1S/C21H22ClN3O2/c1-27-21(26)19-7-4-12-24(19)14-20-23-17-5-2-3-6-18(17)25(20)13-15-8-10-16(22)11-9-15/h2-3,5-6,8-11,19H,4,7,12-14H2,1H3. The SMILES string of the molecule is COC(=O)C1CCCN1Cc1nc2ccccc2n1Cc1ccc(Cl)cc1. The number of imidazole rings is 1. The van der Waals surface area contributed by atoms with Gasteiger partial charge >= 0.3 is 5.97 Å². The summed E-state index contributed by atoms with van der Waals surface area (Å²) in [5.41, 5.74) is 3.22. The van der Waals surface area contributed by atoms with Crippen molar-refractivity contribution in [1.82, 2.24) is 14.5 Å². The number of hydrogen-bond donors (Lipinski definition) is 0. The van der Waals surface area contributed by atoms with Crippen molar-refractivity contribution in [2.45, 2.75) is 32.0 Å². The maximum atomic E-state index is 12.1. The number of carbonyl (C=O) groups excluding carboxylic acids is 1. The second kappa shape index (κ2) is 7.71. The van der Waals surface area contributed by atoms with Crippen LogP contribution in [-0.2, 0) is 22.6 Å². The van der Waals surface area contributed by atoms with Gasteiger partial charge in [0.2, 0.25) is 0 Å². The molecular formula is C21H22ClN3O2. The van der Waals surface area contributed by atoms with Crippen LogP contribution in [0.2, 0.25) is 5.02 Å². The first kappa shape index (κ1) is 18.0. The number of fused-ring (bicyclic) bond motifs is 1. The van der Waals surface area contributed by atoms with Crippen LogP contribution >= 0.6 is 11.6 Å². The van der Waals surface area contributed by atoms with Crippen molar-refractivity contribution >= 4 is 28.6 Å². The Morgan fingerprint density at radius 2 is 1.96 bits per heavy atom. The summed E-state index contributed by atoms with van der Waals surface area (Å²) in [6.45, 7) is 2.22. The lowest BCUT2D eigenvalue weighted by Crippen LogP contribution is -2.37. The van der Waals surface area contributed by atoms with Gasteiger partial charge in [0.05, 0.1) is 24.7 Å². The molecule has 1 saturated heterocycles. The Bertz CT molecular complexity index is 952. The summed E-state index contributed by atoms with van der Waals surface area (Å²) in [7, 11) is 1.45. The Hall–Kier alpha value is -2.37. The summed E-state index contributed by atoms with van der Waals surface area (Å²) >= 11 is 6.02. The van der Waals surface area contributed by atoms with Crippen molar-refractivity contribution in [2.24, 2.45) is 0 Å². The van der Waals surface area contributed by atoms with Gasteiger partial charge in [0.1, 0.15) is 11.9 Å². The Labute approximate surface area is 163 Å². The highest BCUT2D eigenvalue weighted by molar-refractivity contribution is 6.30. The number of carbonyl (C=O) groups is 1. The van der Waals surface area contributed by atoms with Gasteiger partial charge in [-0.3, -0.25) is 9.69 Å². The van der Waals surface area contributed by atoms with Crippen LogP contribution < -0.4 is 0 Å². The number of para-hydroxylation sites is 2. The molecule has 2 heterocycles. The van der Waals surface area contributed by atoms with Crippen LogP contribution in [0.5, 0.6) is 0 Å². The summed E-state index contributed by atoms with van der Waals surface area (Å²) in [6, 6.07) is 15.8. The minimum absolute atomic E-state index is 0.159. The fourth-order valence-corrected chi connectivity index (χ4v) is 3.92. The van der Waals surface area contributed by atoms with Gasteiger partial charge in [-0.05, 0) is 49.2 Å². The molecule has 0 radical (unpaired) electrons. The van der Waals surface area contributed by atoms with Gasteiger partial charge in [-0.2, -0.15) is 0 Å². The first-order chi connectivity index (χ1) is 13.2. The third-order valence-corrected chi connectivity index (χ3v) is 5.42. The number of aromatic nitrogens is 2. The highest BCUT2D eigenvalue weighted by Crippen LogP contribution is 2.24. The topological polar surface area (TPSA) is 47.4 Å². The molecule has 1 aromatic heterocycles. The molecule has 1 atom stereocenters. The molecule has 0 saturated carbocycles. The molecule has 2 aromatic carbocycles. The molecule has 4 rings (SSSR count). The Kier molecular flexibility index (Phi) is 5.14. The molecule has 0 spiro atoms. The Morgan fingerprint density at radius 1 is 1.19 bits per heavy atom. The van der Waals surface area contributed by atoms with Crippen LogP contribution in [0.25, 0.3) is 11.0 Å². The average molecular weight is 384 g/mol. The van der Waals surface area contributed by atoms with E-state index in [-0.39, 0.29) is 12.0 Å². The molecule has 1 unspecified atom stereocenters. The van der Waals surface area contributed by atoms with Crippen molar-refractivity contribution in [3.05, 3.63) is 64.9 Å². The van der Waals surface area contributed by atoms with E-state index in [1.165, 1.54) is 7.11 Å². The number of rotatable bonds is 5.